The minimum atomic E-state index is -0.189. The van der Waals surface area contributed by atoms with Gasteiger partial charge in [-0.2, -0.15) is 0 Å². The van der Waals surface area contributed by atoms with Gasteiger partial charge in [-0.1, -0.05) is 25.1 Å². The number of hydrogen-bond acceptors (Lipinski definition) is 4. The zero-order chi connectivity index (χ0) is 19.2. The molecule has 27 heavy (non-hydrogen) atoms. The number of carbonyl (C=O) groups excluding carboxylic acids is 1. The van der Waals surface area contributed by atoms with E-state index in [9.17, 15) is 4.79 Å². The van der Waals surface area contributed by atoms with Gasteiger partial charge in [0.05, 0.1) is 7.11 Å². The molecule has 3 aromatic rings. The summed E-state index contributed by atoms with van der Waals surface area (Å²) in [5.74, 6) is 1.20. The van der Waals surface area contributed by atoms with Crippen LogP contribution in [0.4, 0.5) is 17.2 Å². The molecule has 2 aromatic carbocycles. The van der Waals surface area contributed by atoms with Crippen LogP contribution in [0.5, 0.6) is 5.75 Å². The fourth-order valence-electron chi connectivity index (χ4n) is 2.85. The zero-order valence-corrected chi connectivity index (χ0v) is 15.7. The zero-order valence-electron chi connectivity index (χ0n) is 15.7. The number of nitrogens with zero attached hydrogens (tertiary/aromatic N) is 1. The minimum absolute atomic E-state index is 0.189. The number of aryl methyl sites for hydroxylation is 2. The number of hydrogen-bond donors (Lipinski definition) is 2. The Morgan fingerprint density at radius 2 is 1.89 bits per heavy atom. The van der Waals surface area contributed by atoms with Crippen molar-refractivity contribution in [1.82, 2.24) is 4.98 Å². The molecule has 2 N–H and O–H groups in total. The number of nitrogens with one attached hydrogen (secondary N) is 2. The van der Waals surface area contributed by atoms with E-state index >= 15 is 0 Å². The summed E-state index contributed by atoms with van der Waals surface area (Å²) in [5, 5.41) is 6.24. The van der Waals surface area contributed by atoms with Crippen molar-refractivity contribution in [2.24, 2.45) is 0 Å². The SMILES string of the molecule is CCc1cccc(C)c1Nc1cc(C(=O)Nc2ccc(OC)cc2)ccn1. The summed E-state index contributed by atoms with van der Waals surface area (Å²) in [7, 11) is 1.61. The molecule has 1 amide bonds. The number of carbonyl (C=O) groups is 1. The van der Waals surface area contributed by atoms with Crippen LogP contribution in [0.1, 0.15) is 28.4 Å². The van der Waals surface area contributed by atoms with E-state index in [0.29, 0.717) is 17.1 Å². The standard InChI is InChI=1S/C22H23N3O2/c1-4-16-7-5-6-15(2)21(16)25-20-14-17(12-13-23-20)22(26)24-18-8-10-19(27-3)11-9-18/h5-14H,4H2,1-3H3,(H,23,25)(H,24,26). The molecule has 5 heteroatoms. The first-order valence-electron chi connectivity index (χ1n) is 8.87. The Morgan fingerprint density at radius 1 is 1.11 bits per heavy atom. The van der Waals surface area contributed by atoms with Crippen LogP contribution < -0.4 is 15.4 Å². The number of anilines is 3. The smallest absolute Gasteiger partial charge is 0.255 e. The lowest BCUT2D eigenvalue weighted by molar-refractivity contribution is 0.102. The van der Waals surface area contributed by atoms with Gasteiger partial charge in [0.25, 0.3) is 5.91 Å². The molecule has 0 bridgehead atoms. The molecule has 0 unspecified atom stereocenters. The van der Waals surface area contributed by atoms with Gasteiger partial charge in [-0.05, 0) is 60.9 Å². The Morgan fingerprint density at radius 3 is 2.59 bits per heavy atom. The number of pyridine rings is 1. The summed E-state index contributed by atoms with van der Waals surface area (Å²) < 4.78 is 5.13. The maximum Gasteiger partial charge on any atom is 0.255 e. The summed E-state index contributed by atoms with van der Waals surface area (Å²) in [5.41, 5.74) is 4.64. The van der Waals surface area contributed by atoms with Crippen molar-refractivity contribution in [2.45, 2.75) is 20.3 Å². The van der Waals surface area contributed by atoms with Crippen molar-refractivity contribution in [3.8, 4) is 5.75 Å². The maximum atomic E-state index is 12.6. The molecule has 1 aromatic heterocycles. The predicted molar refractivity (Wildman–Crippen MR) is 109 cm³/mol. The van der Waals surface area contributed by atoms with Gasteiger partial charge < -0.3 is 15.4 Å². The Balaban J connectivity index is 1.78. The van der Waals surface area contributed by atoms with Gasteiger partial charge in [0.15, 0.2) is 0 Å². The molecule has 0 aliphatic carbocycles. The Hall–Kier alpha value is -3.34. The molecule has 0 fully saturated rings. The van der Waals surface area contributed by atoms with Gasteiger partial charge in [-0.25, -0.2) is 4.98 Å². The maximum absolute atomic E-state index is 12.6. The van der Waals surface area contributed by atoms with E-state index in [4.69, 9.17) is 4.74 Å². The van der Waals surface area contributed by atoms with Crippen molar-refractivity contribution in [2.75, 3.05) is 17.7 Å². The Labute approximate surface area is 159 Å². The van der Waals surface area contributed by atoms with Crippen LogP contribution >= 0.6 is 0 Å². The van der Waals surface area contributed by atoms with E-state index in [-0.39, 0.29) is 5.91 Å². The van der Waals surface area contributed by atoms with E-state index in [2.05, 4.69) is 41.6 Å². The summed E-state index contributed by atoms with van der Waals surface area (Å²) >= 11 is 0. The summed E-state index contributed by atoms with van der Waals surface area (Å²) in [6.07, 6.45) is 2.55. The van der Waals surface area contributed by atoms with E-state index in [1.165, 1.54) is 5.56 Å². The fourth-order valence-corrected chi connectivity index (χ4v) is 2.85. The van der Waals surface area contributed by atoms with Crippen LogP contribution in [0.3, 0.4) is 0 Å². The lowest BCUT2D eigenvalue weighted by Crippen LogP contribution is -2.12. The quantitative estimate of drug-likeness (QED) is 0.651. The molecule has 5 nitrogen and oxygen atoms in total. The second kappa shape index (κ2) is 8.36. The third-order valence-corrected chi connectivity index (χ3v) is 4.36. The first-order chi connectivity index (χ1) is 13.1. The fraction of sp³-hybridized carbons (Fsp3) is 0.182. The van der Waals surface area contributed by atoms with E-state index < -0.39 is 0 Å². The van der Waals surface area contributed by atoms with Crippen molar-refractivity contribution in [3.05, 3.63) is 77.5 Å². The number of amides is 1. The summed E-state index contributed by atoms with van der Waals surface area (Å²) in [4.78, 5) is 16.9. The molecule has 0 aliphatic rings. The van der Waals surface area contributed by atoms with Crippen LogP contribution in [0, 0.1) is 6.92 Å². The number of methoxy groups -OCH3 is 1. The van der Waals surface area contributed by atoms with Crippen LogP contribution in [0.2, 0.25) is 0 Å². The number of rotatable bonds is 6. The van der Waals surface area contributed by atoms with E-state index in [0.717, 1.165) is 23.4 Å². The van der Waals surface area contributed by atoms with Crippen molar-refractivity contribution in [1.29, 1.82) is 0 Å². The van der Waals surface area contributed by atoms with Crippen LogP contribution in [0.15, 0.2) is 60.8 Å². The molecule has 0 spiro atoms. The highest BCUT2D eigenvalue weighted by atomic mass is 16.5. The molecule has 0 aliphatic heterocycles. The average molecular weight is 361 g/mol. The number of benzene rings is 2. The highest BCUT2D eigenvalue weighted by Crippen LogP contribution is 2.25. The van der Waals surface area contributed by atoms with Gasteiger partial charge in [0.2, 0.25) is 0 Å². The molecule has 0 saturated carbocycles. The second-order valence-electron chi connectivity index (χ2n) is 6.20. The van der Waals surface area contributed by atoms with Gasteiger partial charge in [0, 0.05) is 23.1 Å². The predicted octanol–water partition coefficient (Wildman–Crippen LogP) is 4.96. The molecule has 0 radical (unpaired) electrons. The van der Waals surface area contributed by atoms with Gasteiger partial charge >= 0.3 is 0 Å². The molecule has 138 valence electrons. The molecule has 0 saturated heterocycles. The topological polar surface area (TPSA) is 63.2 Å². The molecule has 0 atom stereocenters. The highest BCUT2D eigenvalue weighted by Gasteiger charge is 2.10. The van der Waals surface area contributed by atoms with E-state index in [1.807, 2.05) is 6.07 Å². The Bertz CT molecular complexity index is 937. The van der Waals surface area contributed by atoms with Crippen LogP contribution in [-0.2, 0) is 6.42 Å². The normalized spacial score (nSPS) is 10.3. The molecular weight excluding hydrogens is 338 g/mol. The van der Waals surface area contributed by atoms with Gasteiger partial charge in [-0.15, -0.1) is 0 Å². The number of aromatic nitrogens is 1. The molecule has 3 rings (SSSR count). The second-order valence-corrected chi connectivity index (χ2v) is 6.20. The lowest BCUT2D eigenvalue weighted by Gasteiger charge is -2.14. The van der Waals surface area contributed by atoms with Gasteiger partial charge in [-0.3, -0.25) is 4.79 Å². The van der Waals surface area contributed by atoms with Crippen LogP contribution in [0.25, 0.3) is 0 Å². The minimum Gasteiger partial charge on any atom is -0.497 e. The molecular formula is C22H23N3O2. The third kappa shape index (κ3) is 4.44. The summed E-state index contributed by atoms with van der Waals surface area (Å²) in [6, 6.07) is 16.9. The largest absolute Gasteiger partial charge is 0.497 e. The van der Waals surface area contributed by atoms with Crippen molar-refractivity contribution < 1.29 is 9.53 Å². The highest BCUT2D eigenvalue weighted by molar-refractivity contribution is 6.04. The first kappa shape index (κ1) is 18.5. The third-order valence-electron chi connectivity index (χ3n) is 4.36. The number of ether oxygens (including phenoxy) is 1. The average Bonchev–Trinajstić information content (AvgIpc) is 2.70. The lowest BCUT2D eigenvalue weighted by atomic mass is 10.1. The molecule has 1 heterocycles. The summed E-state index contributed by atoms with van der Waals surface area (Å²) in [6.45, 7) is 4.17. The monoisotopic (exact) mass is 361 g/mol. The first-order valence-corrected chi connectivity index (χ1v) is 8.87. The Kier molecular flexibility index (Phi) is 5.71. The van der Waals surface area contributed by atoms with Crippen molar-refractivity contribution in [3.63, 3.8) is 0 Å². The number of para-hydroxylation sites is 1. The van der Waals surface area contributed by atoms with Crippen LogP contribution in [-0.4, -0.2) is 18.0 Å². The van der Waals surface area contributed by atoms with Gasteiger partial charge in [0.1, 0.15) is 11.6 Å². The van der Waals surface area contributed by atoms with E-state index in [1.54, 1.807) is 49.7 Å². The van der Waals surface area contributed by atoms with Crippen molar-refractivity contribution >= 4 is 23.1 Å².